The lowest BCUT2D eigenvalue weighted by molar-refractivity contribution is 0.0320. The third-order valence-corrected chi connectivity index (χ3v) is 2.33. The van der Waals surface area contributed by atoms with Crippen molar-refractivity contribution in [2.75, 3.05) is 6.54 Å². The van der Waals surface area contributed by atoms with Crippen LogP contribution in [-0.2, 0) is 0 Å². The van der Waals surface area contributed by atoms with Gasteiger partial charge in [-0.15, -0.1) is 0 Å². The highest BCUT2D eigenvalue weighted by Gasteiger charge is 2.37. The number of hydrogen-bond donors (Lipinski definition) is 2. The summed E-state index contributed by atoms with van der Waals surface area (Å²) in [5.74, 6) is 0.525. The van der Waals surface area contributed by atoms with E-state index in [0.29, 0.717) is 5.92 Å². The largest absolute Gasteiger partial charge is 0.388 e. The molecule has 1 rings (SSSR count). The zero-order valence-corrected chi connectivity index (χ0v) is 7.02. The third kappa shape index (κ3) is 1.32. The van der Waals surface area contributed by atoms with E-state index in [9.17, 15) is 5.11 Å². The van der Waals surface area contributed by atoms with Crippen LogP contribution in [0.15, 0.2) is 0 Å². The first kappa shape index (κ1) is 8.02. The molecule has 0 amide bonds. The van der Waals surface area contributed by atoms with Crippen LogP contribution in [0.1, 0.15) is 27.2 Å². The Labute approximate surface area is 62.6 Å². The predicted octanol–water partition coefficient (Wildman–Crippen LogP) is 0.755. The number of nitrogens with one attached hydrogen (secondary N) is 1. The maximum Gasteiger partial charge on any atom is 0.0786 e. The van der Waals surface area contributed by atoms with Crippen molar-refractivity contribution in [1.29, 1.82) is 0 Å². The molecule has 2 heteroatoms. The van der Waals surface area contributed by atoms with Gasteiger partial charge in [-0.25, -0.2) is 0 Å². The Morgan fingerprint density at radius 2 is 2.20 bits per heavy atom. The van der Waals surface area contributed by atoms with Gasteiger partial charge < -0.3 is 10.4 Å². The standard InChI is InChI=1S/C8H17NO/c1-6(2)7-8(3,10)4-5-9-7/h6-7,9-10H,4-5H2,1-3H3. The molecule has 0 spiro atoms. The second kappa shape index (κ2) is 2.51. The molecule has 10 heavy (non-hydrogen) atoms. The van der Waals surface area contributed by atoms with Crippen LogP contribution in [0.4, 0.5) is 0 Å². The monoisotopic (exact) mass is 143 g/mol. The van der Waals surface area contributed by atoms with Crippen LogP contribution < -0.4 is 5.32 Å². The van der Waals surface area contributed by atoms with Crippen molar-refractivity contribution in [1.82, 2.24) is 5.32 Å². The lowest BCUT2D eigenvalue weighted by atomic mass is 9.89. The molecule has 0 radical (unpaired) electrons. The van der Waals surface area contributed by atoms with Gasteiger partial charge in [-0.3, -0.25) is 0 Å². The van der Waals surface area contributed by atoms with Gasteiger partial charge in [0.1, 0.15) is 0 Å². The predicted molar refractivity (Wildman–Crippen MR) is 41.9 cm³/mol. The summed E-state index contributed by atoms with van der Waals surface area (Å²) in [5, 5.41) is 13.1. The molecule has 60 valence electrons. The van der Waals surface area contributed by atoms with Gasteiger partial charge in [0, 0.05) is 6.04 Å². The van der Waals surface area contributed by atoms with Gasteiger partial charge in [-0.1, -0.05) is 13.8 Å². The van der Waals surface area contributed by atoms with Crippen LogP contribution in [0.25, 0.3) is 0 Å². The molecule has 0 aromatic rings. The molecule has 1 fully saturated rings. The summed E-state index contributed by atoms with van der Waals surface area (Å²) in [5.41, 5.74) is -0.478. The fourth-order valence-corrected chi connectivity index (χ4v) is 1.81. The maximum absolute atomic E-state index is 9.76. The van der Waals surface area contributed by atoms with E-state index in [4.69, 9.17) is 0 Å². The van der Waals surface area contributed by atoms with Crippen LogP contribution in [-0.4, -0.2) is 23.3 Å². The van der Waals surface area contributed by atoms with Gasteiger partial charge in [0.2, 0.25) is 0 Å². The fraction of sp³-hybridized carbons (Fsp3) is 1.00. The summed E-state index contributed by atoms with van der Waals surface area (Å²) in [6.07, 6.45) is 0.885. The van der Waals surface area contributed by atoms with E-state index in [2.05, 4.69) is 19.2 Å². The van der Waals surface area contributed by atoms with E-state index in [-0.39, 0.29) is 6.04 Å². The van der Waals surface area contributed by atoms with Crippen LogP contribution in [0, 0.1) is 5.92 Å². The molecule has 2 nitrogen and oxygen atoms in total. The number of aliphatic hydroxyl groups is 1. The topological polar surface area (TPSA) is 32.3 Å². The van der Waals surface area contributed by atoms with Gasteiger partial charge in [0.25, 0.3) is 0 Å². The van der Waals surface area contributed by atoms with Gasteiger partial charge in [-0.2, -0.15) is 0 Å². The van der Waals surface area contributed by atoms with Crippen LogP contribution in [0.3, 0.4) is 0 Å². The Hall–Kier alpha value is -0.0800. The molecule has 1 heterocycles. The van der Waals surface area contributed by atoms with Crippen LogP contribution in [0.2, 0.25) is 0 Å². The summed E-state index contributed by atoms with van der Waals surface area (Å²) in [4.78, 5) is 0. The van der Waals surface area contributed by atoms with Crippen molar-refractivity contribution in [2.45, 2.75) is 38.8 Å². The molecule has 0 saturated carbocycles. The zero-order valence-electron chi connectivity index (χ0n) is 7.02. The first-order chi connectivity index (χ1) is 4.54. The van der Waals surface area contributed by atoms with E-state index in [0.717, 1.165) is 13.0 Å². The molecule has 2 unspecified atom stereocenters. The minimum absolute atomic E-state index is 0.285. The van der Waals surface area contributed by atoms with Gasteiger partial charge in [0.15, 0.2) is 0 Å². The van der Waals surface area contributed by atoms with Crippen molar-refractivity contribution >= 4 is 0 Å². The average Bonchev–Trinajstić information content (AvgIpc) is 2.08. The number of hydrogen-bond acceptors (Lipinski definition) is 2. The highest BCUT2D eigenvalue weighted by molar-refractivity contribution is 4.95. The van der Waals surface area contributed by atoms with Crippen molar-refractivity contribution in [3.63, 3.8) is 0 Å². The van der Waals surface area contributed by atoms with E-state index in [1.165, 1.54) is 0 Å². The van der Waals surface area contributed by atoms with Crippen molar-refractivity contribution in [3.8, 4) is 0 Å². The average molecular weight is 143 g/mol. The summed E-state index contributed by atoms with van der Waals surface area (Å²) in [7, 11) is 0. The summed E-state index contributed by atoms with van der Waals surface area (Å²) in [6, 6.07) is 0.285. The van der Waals surface area contributed by atoms with E-state index < -0.39 is 5.60 Å². The first-order valence-electron chi connectivity index (χ1n) is 4.00. The molecule has 1 aliphatic heterocycles. The SMILES string of the molecule is CC(C)C1NCCC1(C)O. The van der Waals surface area contributed by atoms with Crippen LogP contribution >= 0.6 is 0 Å². The Bertz CT molecular complexity index is 120. The van der Waals surface area contributed by atoms with Crippen molar-refractivity contribution in [2.24, 2.45) is 5.92 Å². The molecule has 2 atom stereocenters. The lowest BCUT2D eigenvalue weighted by Gasteiger charge is -2.28. The summed E-state index contributed by atoms with van der Waals surface area (Å²) < 4.78 is 0. The van der Waals surface area contributed by atoms with E-state index >= 15 is 0 Å². The lowest BCUT2D eigenvalue weighted by Crippen LogP contribution is -2.43. The zero-order chi connectivity index (χ0) is 7.78. The molecule has 1 aliphatic rings. The first-order valence-corrected chi connectivity index (χ1v) is 4.00. The maximum atomic E-state index is 9.76. The minimum Gasteiger partial charge on any atom is -0.388 e. The molecule has 0 bridgehead atoms. The summed E-state index contributed by atoms with van der Waals surface area (Å²) >= 11 is 0. The number of rotatable bonds is 1. The second-order valence-corrected chi connectivity index (χ2v) is 3.78. The molecule has 0 aliphatic carbocycles. The molecular formula is C8H17NO. The highest BCUT2D eigenvalue weighted by atomic mass is 16.3. The van der Waals surface area contributed by atoms with Gasteiger partial charge in [-0.05, 0) is 25.8 Å². The Balaban J connectivity index is 2.59. The molecule has 2 N–H and O–H groups in total. The van der Waals surface area contributed by atoms with Crippen molar-refractivity contribution < 1.29 is 5.11 Å². The van der Waals surface area contributed by atoms with Crippen molar-refractivity contribution in [3.05, 3.63) is 0 Å². The highest BCUT2D eigenvalue weighted by Crippen LogP contribution is 2.25. The van der Waals surface area contributed by atoms with Gasteiger partial charge >= 0.3 is 0 Å². The van der Waals surface area contributed by atoms with Crippen LogP contribution in [0.5, 0.6) is 0 Å². The fourth-order valence-electron chi connectivity index (χ4n) is 1.81. The Morgan fingerprint density at radius 1 is 1.60 bits per heavy atom. The minimum atomic E-state index is -0.478. The molecule has 0 aromatic carbocycles. The normalized spacial score (nSPS) is 41.1. The van der Waals surface area contributed by atoms with E-state index in [1.54, 1.807) is 0 Å². The van der Waals surface area contributed by atoms with E-state index in [1.807, 2.05) is 6.92 Å². The third-order valence-electron chi connectivity index (χ3n) is 2.33. The summed E-state index contributed by atoms with van der Waals surface area (Å²) in [6.45, 7) is 7.14. The second-order valence-electron chi connectivity index (χ2n) is 3.78. The Kier molecular flexibility index (Phi) is 2.02. The smallest absolute Gasteiger partial charge is 0.0786 e. The molecular weight excluding hydrogens is 126 g/mol. The molecule has 1 saturated heterocycles. The molecule has 0 aromatic heterocycles. The Morgan fingerprint density at radius 3 is 2.40 bits per heavy atom. The quantitative estimate of drug-likeness (QED) is 0.568. The van der Waals surface area contributed by atoms with Gasteiger partial charge in [0.05, 0.1) is 5.60 Å².